The number of nitrogens with zero attached hydrogens (tertiary/aromatic N) is 2. The Labute approximate surface area is 132 Å². The number of anilines is 1. The molecule has 22 heavy (non-hydrogen) atoms. The van der Waals surface area contributed by atoms with Crippen molar-refractivity contribution < 1.29 is 9.53 Å². The van der Waals surface area contributed by atoms with Crippen LogP contribution in [0.4, 0.5) is 10.5 Å². The van der Waals surface area contributed by atoms with Crippen LogP contribution in [0.15, 0.2) is 24.3 Å². The SMILES string of the molecule is COc1ccc(N2CCC(NC(=O)N3CCCC3)CC2)cc1. The summed E-state index contributed by atoms with van der Waals surface area (Å²) in [4.78, 5) is 16.4. The smallest absolute Gasteiger partial charge is 0.317 e. The molecule has 0 spiro atoms. The Hall–Kier alpha value is -1.91. The fourth-order valence-electron chi connectivity index (χ4n) is 3.26. The van der Waals surface area contributed by atoms with Crippen molar-refractivity contribution in [3.63, 3.8) is 0 Å². The lowest BCUT2D eigenvalue weighted by atomic mass is 10.0. The van der Waals surface area contributed by atoms with Crippen LogP contribution in [0, 0.1) is 0 Å². The average Bonchev–Trinajstić information content (AvgIpc) is 3.10. The van der Waals surface area contributed by atoms with Gasteiger partial charge in [0.15, 0.2) is 0 Å². The van der Waals surface area contributed by atoms with Gasteiger partial charge in [-0.1, -0.05) is 0 Å². The molecule has 120 valence electrons. The molecule has 3 rings (SSSR count). The molecule has 0 bridgehead atoms. The molecule has 2 aliphatic heterocycles. The molecule has 0 aliphatic carbocycles. The highest BCUT2D eigenvalue weighted by Gasteiger charge is 2.24. The summed E-state index contributed by atoms with van der Waals surface area (Å²) in [7, 11) is 1.68. The van der Waals surface area contributed by atoms with Crippen LogP contribution in [0.5, 0.6) is 5.75 Å². The lowest BCUT2D eigenvalue weighted by Gasteiger charge is -2.34. The third kappa shape index (κ3) is 3.46. The summed E-state index contributed by atoms with van der Waals surface area (Å²) >= 11 is 0. The molecule has 0 aromatic heterocycles. The standard InChI is InChI=1S/C17H25N3O2/c1-22-16-6-4-15(5-7-16)19-12-8-14(9-13-19)18-17(21)20-10-2-3-11-20/h4-7,14H,2-3,8-13H2,1H3,(H,18,21). The van der Waals surface area contributed by atoms with E-state index in [2.05, 4.69) is 22.3 Å². The summed E-state index contributed by atoms with van der Waals surface area (Å²) in [5, 5.41) is 3.19. The Kier molecular flexibility index (Phi) is 4.71. The van der Waals surface area contributed by atoms with Crippen LogP contribution in [0.3, 0.4) is 0 Å². The van der Waals surface area contributed by atoms with Gasteiger partial charge in [-0.05, 0) is 49.9 Å². The number of likely N-dealkylation sites (tertiary alicyclic amines) is 1. The first kappa shape index (κ1) is 15.0. The van der Waals surface area contributed by atoms with E-state index in [1.807, 2.05) is 17.0 Å². The van der Waals surface area contributed by atoms with E-state index in [-0.39, 0.29) is 6.03 Å². The molecule has 5 nitrogen and oxygen atoms in total. The van der Waals surface area contributed by atoms with E-state index in [4.69, 9.17) is 4.74 Å². The second-order valence-electron chi connectivity index (χ2n) is 6.10. The van der Waals surface area contributed by atoms with Crippen molar-refractivity contribution >= 4 is 11.7 Å². The minimum atomic E-state index is 0.125. The van der Waals surface area contributed by atoms with Crippen molar-refractivity contribution in [2.24, 2.45) is 0 Å². The van der Waals surface area contributed by atoms with Gasteiger partial charge in [-0.25, -0.2) is 4.79 Å². The third-order valence-corrected chi connectivity index (χ3v) is 4.65. The van der Waals surface area contributed by atoms with Gasteiger partial charge in [0.2, 0.25) is 0 Å². The van der Waals surface area contributed by atoms with Gasteiger partial charge in [-0.3, -0.25) is 0 Å². The fraction of sp³-hybridized carbons (Fsp3) is 0.588. The lowest BCUT2D eigenvalue weighted by molar-refractivity contribution is 0.202. The minimum absolute atomic E-state index is 0.125. The monoisotopic (exact) mass is 303 g/mol. The van der Waals surface area contributed by atoms with Gasteiger partial charge < -0.3 is 19.9 Å². The van der Waals surface area contributed by atoms with E-state index in [9.17, 15) is 4.79 Å². The molecule has 2 heterocycles. The Morgan fingerprint density at radius 1 is 1.09 bits per heavy atom. The van der Waals surface area contributed by atoms with Crippen LogP contribution in [0.1, 0.15) is 25.7 Å². The van der Waals surface area contributed by atoms with Gasteiger partial charge >= 0.3 is 6.03 Å². The molecule has 2 aliphatic rings. The quantitative estimate of drug-likeness (QED) is 0.933. The van der Waals surface area contributed by atoms with Crippen molar-refractivity contribution in [3.05, 3.63) is 24.3 Å². The molecule has 5 heteroatoms. The molecule has 2 saturated heterocycles. The maximum Gasteiger partial charge on any atom is 0.317 e. The van der Waals surface area contributed by atoms with E-state index in [1.54, 1.807) is 7.11 Å². The average molecular weight is 303 g/mol. The number of benzene rings is 1. The molecule has 1 aromatic rings. The van der Waals surface area contributed by atoms with Crippen molar-refractivity contribution in [1.82, 2.24) is 10.2 Å². The topological polar surface area (TPSA) is 44.8 Å². The lowest BCUT2D eigenvalue weighted by Crippen LogP contribution is -2.48. The second kappa shape index (κ2) is 6.90. The van der Waals surface area contributed by atoms with Gasteiger partial charge in [0.05, 0.1) is 7.11 Å². The highest BCUT2D eigenvalue weighted by Crippen LogP contribution is 2.23. The molecule has 1 aromatic carbocycles. The molecular formula is C17H25N3O2. The molecule has 1 N–H and O–H groups in total. The maximum absolute atomic E-state index is 12.1. The van der Waals surface area contributed by atoms with Crippen molar-refractivity contribution in [3.8, 4) is 5.75 Å². The molecule has 2 fully saturated rings. The summed E-state index contributed by atoms with van der Waals surface area (Å²) in [6.45, 7) is 3.79. The predicted octanol–water partition coefficient (Wildman–Crippen LogP) is 2.47. The van der Waals surface area contributed by atoms with Gasteiger partial charge in [-0.2, -0.15) is 0 Å². The van der Waals surface area contributed by atoms with Crippen molar-refractivity contribution in [2.75, 3.05) is 38.2 Å². The normalized spacial score (nSPS) is 19.3. The summed E-state index contributed by atoms with van der Waals surface area (Å²) < 4.78 is 5.20. The van der Waals surface area contributed by atoms with Crippen LogP contribution in [-0.4, -0.2) is 50.3 Å². The Morgan fingerprint density at radius 3 is 2.32 bits per heavy atom. The summed E-state index contributed by atoms with van der Waals surface area (Å²) in [6, 6.07) is 8.62. The molecule has 0 atom stereocenters. The first-order valence-corrected chi connectivity index (χ1v) is 8.21. The second-order valence-corrected chi connectivity index (χ2v) is 6.10. The molecule has 0 unspecified atom stereocenters. The number of hydrogen-bond donors (Lipinski definition) is 1. The van der Waals surface area contributed by atoms with E-state index >= 15 is 0 Å². The number of piperidine rings is 1. The van der Waals surface area contributed by atoms with Crippen LogP contribution in [0.25, 0.3) is 0 Å². The number of carbonyl (C=O) groups is 1. The number of ether oxygens (including phenoxy) is 1. The number of urea groups is 1. The zero-order valence-corrected chi connectivity index (χ0v) is 13.3. The van der Waals surface area contributed by atoms with E-state index < -0.39 is 0 Å². The first-order valence-electron chi connectivity index (χ1n) is 8.21. The van der Waals surface area contributed by atoms with Crippen LogP contribution in [0.2, 0.25) is 0 Å². The van der Waals surface area contributed by atoms with E-state index in [0.717, 1.165) is 57.6 Å². The first-order chi connectivity index (χ1) is 10.8. The molecule has 2 amide bonds. The van der Waals surface area contributed by atoms with E-state index in [0.29, 0.717) is 6.04 Å². The summed E-state index contributed by atoms with van der Waals surface area (Å²) in [5.74, 6) is 0.886. The maximum atomic E-state index is 12.1. The number of hydrogen-bond acceptors (Lipinski definition) is 3. The number of nitrogens with one attached hydrogen (secondary N) is 1. The third-order valence-electron chi connectivity index (χ3n) is 4.65. The van der Waals surface area contributed by atoms with Gasteiger partial charge in [0.1, 0.15) is 5.75 Å². The summed E-state index contributed by atoms with van der Waals surface area (Å²) in [5.41, 5.74) is 1.23. The van der Waals surface area contributed by atoms with Gasteiger partial charge in [-0.15, -0.1) is 0 Å². The van der Waals surface area contributed by atoms with Crippen molar-refractivity contribution in [1.29, 1.82) is 0 Å². The number of methoxy groups -OCH3 is 1. The molecule has 0 radical (unpaired) electrons. The highest BCUT2D eigenvalue weighted by molar-refractivity contribution is 5.74. The Morgan fingerprint density at radius 2 is 1.73 bits per heavy atom. The van der Waals surface area contributed by atoms with E-state index in [1.165, 1.54) is 5.69 Å². The van der Waals surface area contributed by atoms with Crippen LogP contribution < -0.4 is 15.0 Å². The largest absolute Gasteiger partial charge is 0.497 e. The number of rotatable bonds is 3. The fourth-order valence-corrected chi connectivity index (χ4v) is 3.26. The number of amides is 2. The minimum Gasteiger partial charge on any atom is -0.497 e. The van der Waals surface area contributed by atoms with Crippen LogP contribution >= 0.6 is 0 Å². The Bertz CT molecular complexity index is 489. The van der Waals surface area contributed by atoms with Crippen LogP contribution in [-0.2, 0) is 0 Å². The number of carbonyl (C=O) groups excluding carboxylic acids is 1. The summed E-state index contributed by atoms with van der Waals surface area (Å²) in [6.07, 6.45) is 4.30. The predicted molar refractivity (Wildman–Crippen MR) is 87.6 cm³/mol. The molecular weight excluding hydrogens is 278 g/mol. The van der Waals surface area contributed by atoms with Crippen molar-refractivity contribution in [2.45, 2.75) is 31.7 Å². The molecule has 0 saturated carbocycles. The van der Waals surface area contributed by atoms with Gasteiger partial charge in [0, 0.05) is 37.9 Å². The zero-order chi connectivity index (χ0) is 15.4. The zero-order valence-electron chi connectivity index (χ0n) is 13.3. The Balaban J connectivity index is 1.48. The highest BCUT2D eigenvalue weighted by atomic mass is 16.5. The van der Waals surface area contributed by atoms with Gasteiger partial charge in [0.25, 0.3) is 0 Å².